The van der Waals surface area contributed by atoms with Gasteiger partial charge in [0.25, 0.3) is 0 Å². The van der Waals surface area contributed by atoms with Crippen molar-refractivity contribution in [3.05, 3.63) is 21.9 Å². The highest BCUT2D eigenvalue weighted by molar-refractivity contribution is 7.12. The molecule has 0 aliphatic rings. The molecule has 0 fully saturated rings. The molecule has 0 amide bonds. The Labute approximate surface area is 116 Å². The number of thiophene rings is 1. The zero-order chi connectivity index (χ0) is 15.0. The summed E-state index contributed by atoms with van der Waals surface area (Å²) >= 11 is 1.65. The Hall–Kier alpha value is -0.710. The van der Waals surface area contributed by atoms with Gasteiger partial charge in [-0.25, -0.2) is 0 Å². The number of hydrogen-bond acceptors (Lipinski definition) is 4. The van der Waals surface area contributed by atoms with E-state index >= 15 is 0 Å². The van der Waals surface area contributed by atoms with Gasteiger partial charge in [0.05, 0.1) is 0 Å². The first-order valence-corrected chi connectivity index (χ1v) is 7.17. The standard InChI is InChI=1S/C8H11NOS.C3H8.C2H6.CH4O/c1-6-2-3-8(11-6)7(9)4-5-10;1-3-2;2*1-2/h2-3,5,7H,4,9H2,1H3;3H2,1-2H3;1-2H3;2H,1H3. The van der Waals surface area contributed by atoms with Crippen LogP contribution in [0.1, 0.15) is 56.3 Å². The second-order valence-corrected chi connectivity index (χ2v) is 4.48. The molecule has 3 nitrogen and oxygen atoms in total. The fraction of sp³-hybridized carbons (Fsp3) is 0.643. The Kier molecular flexibility index (Phi) is 23.3. The molecule has 0 radical (unpaired) electrons. The van der Waals surface area contributed by atoms with E-state index in [4.69, 9.17) is 10.8 Å². The van der Waals surface area contributed by atoms with Crippen molar-refractivity contribution in [3.63, 3.8) is 0 Å². The third-order valence-electron chi connectivity index (χ3n) is 1.48. The largest absolute Gasteiger partial charge is 0.400 e. The third-order valence-corrected chi connectivity index (χ3v) is 2.61. The second kappa shape index (κ2) is 18.6. The smallest absolute Gasteiger partial charge is 0.121 e. The minimum atomic E-state index is -0.105. The highest BCUT2D eigenvalue weighted by Gasteiger charge is 2.06. The van der Waals surface area contributed by atoms with Crippen LogP contribution in [0.2, 0.25) is 0 Å². The van der Waals surface area contributed by atoms with Gasteiger partial charge in [-0.15, -0.1) is 11.3 Å². The Balaban J connectivity index is -0.000000274. The van der Waals surface area contributed by atoms with Crippen molar-refractivity contribution in [2.45, 2.75) is 53.5 Å². The number of carbonyl (C=O) groups is 1. The maximum absolute atomic E-state index is 10.1. The maximum Gasteiger partial charge on any atom is 0.121 e. The van der Waals surface area contributed by atoms with Crippen LogP contribution in [0.3, 0.4) is 0 Å². The predicted octanol–water partition coefficient (Wildman–Crippen LogP) is 3.70. The first kappa shape index (κ1) is 22.5. The molecule has 0 spiro atoms. The molecule has 1 unspecified atom stereocenters. The summed E-state index contributed by atoms with van der Waals surface area (Å²) in [4.78, 5) is 12.4. The second-order valence-electron chi connectivity index (χ2n) is 3.16. The van der Waals surface area contributed by atoms with Crippen LogP contribution in [-0.4, -0.2) is 18.5 Å². The van der Waals surface area contributed by atoms with E-state index in [1.807, 2.05) is 32.9 Å². The number of rotatable bonds is 3. The Morgan fingerprint density at radius 2 is 1.78 bits per heavy atom. The van der Waals surface area contributed by atoms with Crippen LogP contribution in [0.4, 0.5) is 0 Å². The zero-order valence-corrected chi connectivity index (χ0v) is 13.4. The van der Waals surface area contributed by atoms with Crippen LogP contribution in [0.25, 0.3) is 0 Å². The van der Waals surface area contributed by atoms with Crippen LogP contribution in [0, 0.1) is 6.92 Å². The molecule has 0 aliphatic heterocycles. The summed E-state index contributed by atoms with van der Waals surface area (Å²) in [6.45, 7) is 10.3. The quantitative estimate of drug-likeness (QED) is 0.827. The molecule has 1 atom stereocenters. The van der Waals surface area contributed by atoms with Gasteiger partial charge in [0.2, 0.25) is 0 Å². The van der Waals surface area contributed by atoms with Crippen molar-refractivity contribution in [3.8, 4) is 0 Å². The van der Waals surface area contributed by atoms with E-state index in [0.29, 0.717) is 6.42 Å². The Morgan fingerprint density at radius 1 is 1.33 bits per heavy atom. The minimum absolute atomic E-state index is 0.105. The topological polar surface area (TPSA) is 63.3 Å². The number of aryl methyl sites for hydroxylation is 1. The molecule has 0 saturated carbocycles. The maximum atomic E-state index is 10.1. The molecule has 3 N–H and O–H groups in total. The van der Waals surface area contributed by atoms with Gasteiger partial charge in [-0.1, -0.05) is 34.1 Å². The third kappa shape index (κ3) is 13.4. The molecule has 18 heavy (non-hydrogen) atoms. The Morgan fingerprint density at radius 3 is 2.06 bits per heavy atom. The SMILES string of the molecule is CC.CCC.CO.Cc1ccc(C(N)CC=O)s1. The summed E-state index contributed by atoms with van der Waals surface area (Å²) in [6.07, 6.45) is 2.53. The number of hydrogen-bond donors (Lipinski definition) is 2. The summed E-state index contributed by atoms with van der Waals surface area (Å²) in [5.74, 6) is 0. The molecule has 108 valence electrons. The zero-order valence-electron chi connectivity index (χ0n) is 12.6. The monoisotopic (exact) mass is 275 g/mol. The molecular weight excluding hydrogens is 246 g/mol. The first-order valence-electron chi connectivity index (χ1n) is 6.35. The molecule has 4 heteroatoms. The average molecular weight is 275 g/mol. The van der Waals surface area contributed by atoms with E-state index in [2.05, 4.69) is 13.8 Å². The van der Waals surface area contributed by atoms with Gasteiger partial charge >= 0.3 is 0 Å². The van der Waals surface area contributed by atoms with Crippen molar-refractivity contribution >= 4 is 17.6 Å². The molecule has 0 saturated heterocycles. The van der Waals surface area contributed by atoms with E-state index in [9.17, 15) is 4.79 Å². The van der Waals surface area contributed by atoms with Gasteiger partial charge in [0.1, 0.15) is 6.29 Å². The highest BCUT2D eigenvalue weighted by Crippen LogP contribution is 2.22. The molecule has 1 aromatic heterocycles. The lowest BCUT2D eigenvalue weighted by atomic mass is 10.2. The van der Waals surface area contributed by atoms with Crippen LogP contribution in [0.15, 0.2) is 12.1 Å². The molecule has 0 aromatic carbocycles. The normalized spacial score (nSPS) is 9.56. The van der Waals surface area contributed by atoms with Crippen LogP contribution >= 0.6 is 11.3 Å². The molecular formula is C14H29NO2S. The van der Waals surface area contributed by atoms with E-state index in [0.717, 1.165) is 18.3 Å². The molecule has 0 bridgehead atoms. The predicted molar refractivity (Wildman–Crippen MR) is 82.1 cm³/mol. The fourth-order valence-electron chi connectivity index (χ4n) is 0.873. The molecule has 0 aliphatic carbocycles. The number of aldehydes is 1. The lowest BCUT2D eigenvalue weighted by molar-refractivity contribution is -0.108. The van der Waals surface area contributed by atoms with Crippen LogP contribution in [0.5, 0.6) is 0 Å². The molecule has 1 aromatic rings. The first-order chi connectivity index (χ1) is 8.65. The van der Waals surface area contributed by atoms with Crippen molar-refractivity contribution in [2.24, 2.45) is 5.73 Å². The summed E-state index contributed by atoms with van der Waals surface area (Å²) in [7, 11) is 1.00. The number of aliphatic hydroxyl groups excluding tert-OH is 1. The number of aliphatic hydroxyl groups is 1. The van der Waals surface area contributed by atoms with Crippen LogP contribution < -0.4 is 5.73 Å². The average Bonchev–Trinajstić information content (AvgIpc) is 2.82. The van der Waals surface area contributed by atoms with Crippen molar-refractivity contribution in [2.75, 3.05) is 7.11 Å². The van der Waals surface area contributed by atoms with Crippen molar-refractivity contribution in [1.82, 2.24) is 0 Å². The summed E-state index contributed by atoms with van der Waals surface area (Å²) in [6, 6.07) is 3.89. The highest BCUT2D eigenvalue weighted by atomic mass is 32.1. The van der Waals surface area contributed by atoms with E-state index in [1.54, 1.807) is 11.3 Å². The fourth-order valence-corrected chi connectivity index (χ4v) is 1.76. The van der Waals surface area contributed by atoms with Crippen molar-refractivity contribution < 1.29 is 9.90 Å². The van der Waals surface area contributed by atoms with Gasteiger partial charge in [0.15, 0.2) is 0 Å². The Bertz CT molecular complexity index is 262. The lowest BCUT2D eigenvalue weighted by Gasteiger charge is -2.02. The van der Waals surface area contributed by atoms with Gasteiger partial charge in [0, 0.05) is 29.3 Å². The lowest BCUT2D eigenvalue weighted by Crippen LogP contribution is -2.08. The molecule has 1 rings (SSSR count). The van der Waals surface area contributed by atoms with Gasteiger partial charge < -0.3 is 15.6 Å². The van der Waals surface area contributed by atoms with E-state index in [1.165, 1.54) is 11.3 Å². The van der Waals surface area contributed by atoms with Crippen molar-refractivity contribution in [1.29, 1.82) is 0 Å². The van der Waals surface area contributed by atoms with Gasteiger partial charge in [-0.2, -0.15) is 0 Å². The van der Waals surface area contributed by atoms with Crippen LogP contribution in [-0.2, 0) is 4.79 Å². The summed E-state index contributed by atoms with van der Waals surface area (Å²) < 4.78 is 0. The van der Waals surface area contributed by atoms with E-state index in [-0.39, 0.29) is 6.04 Å². The summed E-state index contributed by atoms with van der Waals surface area (Å²) in [5, 5.41) is 7.00. The van der Waals surface area contributed by atoms with Gasteiger partial charge in [-0.05, 0) is 19.1 Å². The summed E-state index contributed by atoms with van der Waals surface area (Å²) in [5.41, 5.74) is 5.70. The van der Waals surface area contributed by atoms with E-state index < -0.39 is 0 Å². The van der Waals surface area contributed by atoms with Gasteiger partial charge in [-0.3, -0.25) is 0 Å². The minimum Gasteiger partial charge on any atom is -0.400 e. The molecule has 1 heterocycles. The number of nitrogens with two attached hydrogens (primary N) is 1. The number of carbonyl (C=O) groups excluding carboxylic acids is 1.